The maximum Gasteiger partial charge on any atom is 0.457 e. The van der Waals surface area contributed by atoms with Gasteiger partial charge in [0.2, 0.25) is 0 Å². The van der Waals surface area contributed by atoms with Crippen LogP contribution in [0.3, 0.4) is 0 Å². The molecule has 2 rings (SSSR count). The van der Waals surface area contributed by atoms with Crippen LogP contribution in [0.1, 0.15) is 13.8 Å². The quantitative estimate of drug-likeness (QED) is 0.633. The zero-order chi connectivity index (χ0) is 12.3. The molecule has 7 nitrogen and oxygen atoms in total. The van der Waals surface area contributed by atoms with Crippen molar-refractivity contribution in [3.05, 3.63) is 24.3 Å². The highest BCUT2D eigenvalue weighted by atomic mass is 16.8. The molecule has 1 N–H and O–H groups in total. The lowest BCUT2D eigenvalue weighted by molar-refractivity contribution is -0.0112. The SMILES string of the molecule is CC(C)ONC(=O)On1nnc2ccccc21. The van der Waals surface area contributed by atoms with Crippen LogP contribution in [0.2, 0.25) is 0 Å². The fourth-order valence-electron chi connectivity index (χ4n) is 1.18. The van der Waals surface area contributed by atoms with E-state index < -0.39 is 6.09 Å². The molecule has 0 bridgehead atoms. The molecule has 1 heterocycles. The highest BCUT2D eigenvalue weighted by molar-refractivity contribution is 5.74. The van der Waals surface area contributed by atoms with E-state index in [1.165, 1.54) is 0 Å². The Hall–Kier alpha value is -2.15. The predicted molar refractivity (Wildman–Crippen MR) is 58.9 cm³/mol. The van der Waals surface area contributed by atoms with E-state index in [0.717, 1.165) is 4.85 Å². The average molecular weight is 236 g/mol. The van der Waals surface area contributed by atoms with Gasteiger partial charge in [0, 0.05) is 0 Å². The van der Waals surface area contributed by atoms with Gasteiger partial charge in [0.05, 0.1) is 6.10 Å². The van der Waals surface area contributed by atoms with E-state index in [9.17, 15) is 4.79 Å². The number of nitrogens with zero attached hydrogens (tertiary/aromatic N) is 3. The maximum atomic E-state index is 11.3. The highest BCUT2D eigenvalue weighted by Crippen LogP contribution is 2.07. The summed E-state index contributed by atoms with van der Waals surface area (Å²) >= 11 is 0. The van der Waals surface area contributed by atoms with Crippen molar-refractivity contribution in [3.8, 4) is 0 Å². The number of hydrogen-bond donors (Lipinski definition) is 1. The number of hydrogen-bond acceptors (Lipinski definition) is 5. The van der Waals surface area contributed by atoms with Gasteiger partial charge in [-0.25, -0.2) is 4.79 Å². The predicted octanol–water partition coefficient (Wildman–Crippen LogP) is 0.909. The van der Waals surface area contributed by atoms with E-state index in [0.29, 0.717) is 11.0 Å². The minimum Gasteiger partial charge on any atom is -0.295 e. The molecule has 0 spiro atoms. The average Bonchev–Trinajstić information content (AvgIpc) is 2.70. The molecule has 1 amide bonds. The number of amides is 1. The summed E-state index contributed by atoms with van der Waals surface area (Å²) in [7, 11) is 0. The van der Waals surface area contributed by atoms with Crippen LogP contribution in [0.5, 0.6) is 0 Å². The van der Waals surface area contributed by atoms with E-state index in [-0.39, 0.29) is 6.10 Å². The summed E-state index contributed by atoms with van der Waals surface area (Å²) in [6, 6.07) is 7.13. The van der Waals surface area contributed by atoms with Gasteiger partial charge in [-0.3, -0.25) is 9.68 Å². The Kier molecular flexibility index (Phi) is 3.20. The minimum absolute atomic E-state index is 0.130. The second-order valence-electron chi connectivity index (χ2n) is 3.60. The third-order valence-electron chi connectivity index (χ3n) is 1.87. The first-order chi connectivity index (χ1) is 8.16. The number of nitrogens with one attached hydrogen (secondary N) is 1. The van der Waals surface area contributed by atoms with E-state index in [4.69, 9.17) is 9.68 Å². The van der Waals surface area contributed by atoms with Gasteiger partial charge < -0.3 is 0 Å². The van der Waals surface area contributed by atoms with Crippen molar-refractivity contribution in [1.82, 2.24) is 20.6 Å². The van der Waals surface area contributed by atoms with Crippen LogP contribution in [-0.4, -0.2) is 27.4 Å². The molecule has 17 heavy (non-hydrogen) atoms. The summed E-state index contributed by atoms with van der Waals surface area (Å²) < 4.78 is 0. The Morgan fingerprint density at radius 3 is 2.94 bits per heavy atom. The highest BCUT2D eigenvalue weighted by Gasteiger charge is 2.09. The third kappa shape index (κ3) is 2.70. The standard InChI is InChI=1S/C10H12N4O3/c1-7(2)16-12-10(15)17-14-9-6-4-3-5-8(9)11-13-14/h3-7H,1-2H3,(H,12,15). The van der Waals surface area contributed by atoms with Crippen molar-refractivity contribution >= 4 is 17.1 Å². The summed E-state index contributed by atoms with van der Waals surface area (Å²) in [6.07, 6.45) is -0.885. The minimum atomic E-state index is -0.755. The van der Waals surface area contributed by atoms with Crippen molar-refractivity contribution < 1.29 is 14.5 Å². The number of fused-ring (bicyclic) bond motifs is 1. The van der Waals surface area contributed by atoms with Gasteiger partial charge in [-0.2, -0.15) is 5.48 Å². The first-order valence-electron chi connectivity index (χ1n) is 5.11. The second kappa shape index (κ2) is 4.79. The molecule has 1 aromatic heterocycles. The van der Waals surface area contributed by atoms with Crippen LogP contribution in [0.4, 0.5) is 4.79 Å². The van der Waals surface area contributed by atoms with Gasteiger partial charge in [-0.15, -0.1) is 5.10 Å². The van der Waals surface area contributed by atoms with Crippen molar-refractivity contribution in [3.63, 3.8) is 0 Å². The number of benzene rings is 1. The van der Waals surface area contributed by atoms with Gasteiger partial charge in [0.1, 0.15) is 11.0 Å². The van der Waals surface area contributed by atoms with Crippen molar-refractivity contribution in [2.75, 3.05) is 0 Å². The lowest BCUT2D eigenvalue weighted by atomic mass is 10.3. The third-order valence-corrected chi connectivity index (χ3v) is 1.87. The van der Waals surface area contributed by atoms with Crippen molar-refractivity contribution in [2.45, 2.75) is 20.0 Å². The molecule has 0 aliphatic carbocycles. The van der Waals surface area contributed by atoms with E-state index in [1.54, 1.807) is 32.0 Å². The maximum absolute atomic E-state index is 11.3. The summed E-state index contributed by atoms with van der Waals surface area (Å²) in [5.41, 5.74) is 3.38. The monoisotopic (exact) mass is 236 g/mol. The largest absolute Gasteiger partial charge is 0.457 e. The van der Waals surface area contributed by atoms with E-state index in [1.807, 2.05) is 6.07 Å². The first kappa shape index (κ1) is 11.3. The number of rotatable bonds is 3. The fraction of sp³-hybridized carbons (Fsp3) is 0.300. The Labute approximate surface area is 97.2 Å². The molecule has 90 valence electrons. The van der Waals surface area contributed by atoms with E-state index in [2.05, 4.69) is 15.8 Å². The molecule has 0 fully saturated rings. The zero-order valence-corrected chi connectivity index (χ0v) is 9.45. The normalized spacial score (nSPS) is 10.8. The summed E-state index contributed by atoms with van der Waals surface area (Å²) in [5, 5.41) is 7.52. The van der Waals surface area contributed by atoms with Crippen LogP contribution in [0.15, 0.2) is 24.3 Å². The number of carbonyl (C=O) groups is 1. The molecule has 7 heteroatoms. The number of aromatic nitrogens is 3. The summed E-state index contributed by atoms with van der Waals surface area (Å²) in [6.45, 7) is 3.57. The second-order valence-corrected chi connectivity index (χ2v) is 3.60. The number of para-hydroxylation sites is 1. The molecule has 0 saturated heterocycles. The Bertz CT molecular complexity index is 523. The molecule has 0 atom stereocenters. The van der Waals surface area contributed by atoms with Crippen LogP contribution >= 0.6 is 0 Å². The summed E-state index contributed by atoms with van der Waals surface area (Å²) in [4.78, 5) is 22.1. The first-order valence-corrected chi connectivity index (χ1v) is 5.11. The van der Waals surface area contributed by atoms with E-state index >= 15 is 0 Å². The molecular weight excluding hydrogens is 224 g/mol. The summed E-state index contributed by atoms with van der Waals surface area (Å²) in [5.74, 6) is 0. The molecule has 0 unspecified atom stereocenters. The van der Waals surface area contributed by atoms with Gasteiger partial charge in [-0.05, 0) is 31.2 Å². The molecule has 0 aliphatic rings. The molecule has 1 aromatic carbocycles. The van der Waals surface area contributed by atoms with Gasteiger partial charge in [0.15, 0.2) is 0 Å². The van der Waals surface area contributed by atoms with Crippen molar-refractivity contribution in [2.24, 2.45) is 0 Å². The van der Waals surface area contributed by atoms with Crippen LogP contribution < -0.4 is 10.3 Å². The smallest absolute Gasteiger partial charge is 0.295 e. The molecule has 0 radical (unpaired) electrons. The molecule has 0 aliphatic heterocycles. The fourth-order valence-corrected chi connectivity index (χ4v) is 1.18. The number of carbonyl (C=O) groups excluding carboxylic acids is 1. The Morgan fingerprint density at radius 1 is 1.41 bits per heavy atom. The molecular formula is C10H12N4O3. The van der Waals surface area contributed by atoms with Gasteiger partial charge in [-0.1, -0.05) is 17.0 Å². The Morgan fingerprint density at radius 2 is 2.18 bits per heavy atom. The Balaban J connectivity index is 2.06. The topological polar surface area (TPSA) is 78.3 Å². The van der Waals surface area contributed by atoms with Crippen LogP contribution in [-0.2, 0) is 4.84 Å². The molecule has 0 saturated carbocycles. The zero-order valence-electron chi connectivity index (χ0n) is 9.45. The number of hydroxylamine groups is 1. The van der Waals surface area contributed by atoms with Crippen LogP contribution in [0.25, 0.3) is 11.0 Å². The van der Waals surface area contributed by atoms with Crippen molar-refractivity contribution in [1.29, 1.82) is 0 Å². The lowest BCUT2D eigenvalue weighted by Crippen LogP contribution is -2.34. The van der Waals surface area contributed by atoms with Crippen LogP contribution in [0, 0.1) is 0 Å². The van der Waals surface area contributed by atoms with Gasteiger partial charge >= 0.3 is 6.09 Å². The molecule has 2 aromatic rings. The van der Waals surface area contributed by atoms with Gasteiger partial charge in [0.25, 0.3) is 0 Å². The lowest BCUT2D eigenvalue weighted by Gasteiger charge is -2.07.